The summed E-state index contributed by atoms with van der Waals surface area (Å²) in [6.45, 7) is 2.52. The molecule has 1 amide bonds. The Morgan fingerprint density at radius 3 is 2.78 bits per heavy atom. The van der Waals surface area contributed by atoms with Crippen LogP contribution in [0.4, 0.5) is 10.1 Å². The number of anilines is 1. The number of rotatable bonds is 5. The highest BCUT2D eigenvalue weighted by Gasteiger charge is 2.48. The predicted octanol–water partition coefficient (Wildman–Crippen LogP) is 1.90. The Balaban J connectivity index is 2.06. The molecule has 1 saturated carbocycles. The van der Waals surface area contributed by atoms with E-state index in [1.54, 1.807) is 13.0 Å². The van der Waals surface area contributed by atoms with E-state index in [1.165, 1.54) is 12.1 Å². The molecule has 0 saturated heterocycles. The maximum atomic E-state index is 13.6. The van der Waals surface area contributed by atoms with Crippen LogP contribution in [0.25, 0.3) is 0 Å². The minimum absolute atomic E-state index is 0.131. The lowest BCUT2D eigenvalue weighted by Crippen LogP contribution is -2.30. The van der Waals surface area contributed by atoms with Gasteiger partial charge in [0.1, 0.15) is 0 Å². The monoisotopic (exact) mass is 252 g/mol. The average molecular weight is 252 g/mol. The second kappa shape index (κ2) is 4.94. The van der Waals surface area contributed by atoms with Crippen molar-refractivity contribution in [1.29, 1.82) is 0 Å². The fourth-order valence-corrected chi connectivity index (χ4v) is 1.79. The van der Waals surface area contributed by atoms with Crippen molar-refractivity contribution in [2.24, 2.45) is 11.1 Å². The first kappa shape index (κ1) is 12.8. The molecule has 0 spiro atoms. The molecule has 0 bridgehead atoms. The van der Waals surface area contributed by atoms with Crippen molar-refractivity contribution in [3.8, 4) is 5.75 Å². The summed E-state index contributed by atoms with van der Waals surface area (Å²) in [6.07, 6.45) is 1.60. The van der Waals surface area contributed by atoms with Gasteiger partial charge in [-0.3, -0.25) is 4.79 Å². The van der Waals surface area contributed by atoms with Gasteiger partial charge >= 0.3 is 0 Å². The van der Waals surface area contributed by atoms with E-state index < -0.39 is 11.2 Å². The second-order valence-corrected chi connectivity index (χ2v) is 4.52. The molecule has 0 heterocycles. The molecule has 5 heteroatoms. The molecule has 0 atom stereocenters. The smallest absolute Gasteiger partial charge is 0.231 e. The highest BCUT2D eigenvalue weighted by Crippen LogP contribution is 2.45. The van der Waals surface area contributed by atoms with E-state index >= 15 is 0 Å². The van der Waals surface area contributed by atoms with Crippen LogP contribution < -0.4 is 15.8 Å². The van der Waals surface area contributed by atoms with Gasteiger partial charge in [-0.2, -0.15) is 0 Å². The third-order valence-corrected chi connectivity index (χ3v) is 3.22. The van der Waals surface area contributed by atoms with E-state index in [9.17, 15) is 9.18 Å². The first-order valence-corrected chi connectivity index (χ1v) is 6.05. The molecule has 1 aliphatic rings. The number of hydrogen-bond donors (Lipinski definition) is 2. The Kier molecular flexibility index (Phi) is 3.52. The van der Waals surface area contributed by atoms with Gasteiger partial charge in [-0.05, 0) is 31.9 Å². The molecule has 2 rings (SSSR count). The molecule has 98 valence electrons. The van der Waals surface area contributed by atoms with E-state index in [2.05, 4.69) is 5.32 Å². The minimum atomic E-state index is -0.479. The molecule has 0 radical (unpaired) electrons. The molecule has 18 heavy (non-hydrogen) atoms. The van der Waals surface area contributed by atoms with Gasteiger partial charge in [0.25, 0.3) is 0 Å². The summed E-state index contributed by atoms with van der Waals surface area (Å²) in [5.74, 6) is -0.420. The Labute approximate surface area is 105 Å². The average Bonchev–Trinajstić information content (AvgIpc) is 3.14. The quantitative estimate of drug-likeness (QED) is 0.841. The fraction of sp³-hybridized carbons (Fsp3) is 0.462. The molecule has 1 aromatic rings. The summed E-state index contributed by atoms with van der Waals surface area (Å²) >= 11 is 0. The standard InChI is InChI=1S/C13H17FN2O2/c1-2-18-11-4-3-9(7-10(11)14)16-12(17)13(8-15)5-6-13/h3-4,7H,2,5-6,8,15H2,1H3,(H,16,17). The van der Waals surface area contributed by atoms with Crippen molar-refractivity contribution in [1.82, 2.24) is 0 Å². The Morgan fingerprint density at radius 2 is 2.28 bits per heavy atom. The van der Waals surface area contributed by atoms with Crippen LogP contribution in [0, 0.1) is 11.2 Å². The molecule has 0 aliphatic heterocycles. The van der Waals surface area contributed by atoms with Crippen molar-refractivity contribution in [3.63, 3.8) is 0 Å². The van der Waals surface area contributed by atoms with Gasteiger partial charge in [-0.15, -0.1) is 0 Å². The number of carbonyl (C=O) groups excluding carboxylic acids is 1. The molecular weight excluding hydrogens is 235 g/mol. The number of benzene rings is 1. The largest absolute Gasteiger partial charge is 0.491 e. The summed E-state index contributed by atoms with van der Waals surface area (Å²) in [5.41, 5.74) is 5.56. The van der Waals surface area contributed by atoms with E-state index in [0.717, 1.165) is 12.8 Å². The van der Waals surface area contributed by atoms with Crippen LogP contribution in [-0.4, -0.2) is 19.1 Å². The molecule has 0 aromatic heterocycles. The van der Waals surface area contributed by atoms with E-state index in [4.69, 9.17) is 10.5 Å². The van der Waals surface area contributed by atoms with Crippen LogP contribution in [0.3, 0.4) is 0 Å². The Hall–Kier alpha value is -1.62. The van der Waals surface area contributed by atoms with Crippen LogP contribution in [-0.2, 0) is 4.79 Å². The van der Waals surface area contributed by atoms with Crippen molar-refractivity contribution >= 4 is 11.6 Å². The van der Waals surface area contributed by atoms with Gasteiger partial charge in [-0.25, -0.2) is 4.39 Å². The normalized spacial score (nSPS) is 16.2. The third-order valence-electron chi connectivity index (χ3n) is 3.22. The molecule has 4 nitrogen and oxygen atoms in total. The summed E-state index contributed by atoms with van der Waals surface area (Å²) in [5, 5.41) is 2.69. The first-order chi connectivity index (χ1) is 8.61. The van der Waals surface area contributed by atoms with E-state index in [0.29, 0.717) is 18.8 Å². The lowest BCUT2D eigenvalue weighted by Gasteiger charge is -2.13. The summed E-state index contributed by atoms with van der Waals surface area (Å²) < 4.78 is 18.7. The summed E-state index contributed by atoms with van der Waals surface area (Å²) in [7, 11) is 0. The maximum Gasteiger partial charge on any atom is 0.231 e. The van der Waals surface area contributed by atoms with Crippen LogP contribution in [0.1, 0.15) is 19.8 Å². The lowest BCUT2D eigenvalue weighted by atomic mass is 10.1. The Morgan fingerprint density at radius 1 is 1.56 bits per heavy atom. The first-order valence-electron chi connectivity index (χ1n) is 6.05. The lowest BCUT2D eigenvalue weighted by molar-refractivity contribution is -0.120. The zero-order chi connectivity index (χ0) is 13.2. The molecule has 1 aliphatic carbocycles. The SMILES string of the molecule is CCOc1ccc(NC(=O)C2(CN)CC2)cc1F. The number of nitrogens with two attached hydrogens (primary N) is 1. The number of amides is 1. The van der Waals surface area contributed by atoms with Crippen molar-refractivity contribution < 1.29 is 13.9 Å². The highest BCUT2D eigenvalue weighted by atomic mass is 19.1. The zero-order valence-corrected chi connectivity index (χ0v) is 10.3. The number of carbonyl (C=O) groups is 1. The zero-order valence-electron chi connectivity index (χ0n) is 10.3. The second-order valence-electron chi connectivity index (χ2n) is 4.52. The van der Waals surface area contributed by atoms with Gasteiger partial charge in [0.15, 0.2) is 11.6 Å². The van der Waals surface area contributed by atoms with Crippen LogP contribution >= 0.6 is 0 Å². The van der Waals surface area contributed by atoms with Gasteiger partial charge in [0, 0.05) is 18.3 Å². The fourth-order valence-electron chi connectivity index (χ4n) is 1.79. The van der Waals surface area contributed by atoms with Crippen LogP contribution in [0.5, 0.6) is 5.75 Å². The van der Waals surface area contributed by atoms with Crippen molar-refractivity contribution in [2.45, 2.75) is 19.8 Å². The van der Waals surface area contributed by atoms with E-state index in [-0.39, 0.29) is 11.7 Å². The van der Waals surface area contributed by atoms with Gasteiger partial charge < -0.3 is 15.8 Å². The van der Waals surface area contributed by atoms with Gasteiger partial charge in [-0.1, -0.05) is 0 Å². The minimum Gasteiger partial charge on any atom is -0.491 e. The number of ether oxygens (including phenoxy) is 1. The molecule has 0 unspecified atom stereocenters. The van der Waals surface area contributed by atoms with Crippen molar-refractivity contribution in [3.05, 3.63) is 24.0 Å². The number of hydrogen-bond acceptors (Lipinski definition) is 3. The van der Waals surface area contributed by atoms with Crippen LogP contribution in [0.15, 0.2) is 18.2 Å². The number of halogens is 1. The summed E-state index contributed by atoms with van der Waals surface area (Å²) in [6, 6.07) is 4.39. The third kappa shape index (κ3) is 2.46. The molecule has 1 aromatic carbocycles. The molecule has 1 fully saturated rings. The predicted molar refractivity (Wildman–Crippen MR) is 66.9 cm³/mol. The van der Waals surface area contributed by atoms with E-state index in [1.807, 2.05) is 0 Å². The maximum absolute atomic E-state index is 13.6. The Bertz CT molecular complexity index is 458. The topological polar surface area (TPSA) is 64.3 Å². The van der Waals surface area contributed by atoms with Crippen molar-refractivity contribution in [2.75, 3.05) is 18.5 Å². The molecular formula is C13H17FN2O2. The number of nitrogens with one attached hydrogen (secondary N) is 1. The van der Waals surface area contributed by atoms with Crippen LogP contribution in [0.2, 0.25) is 0 Å². The molecule has 3 N–H and O–H groups in total. The van der Waals surface area contributed by atoms with Gasteiger partial charge in [0.2, 0.25) is 5.91 Å². The summed E-state index contributed by atoms with van der Waals surface area (Å²) in [4.78, 5) is 11.9. The van der Waals surface area contributed by atoms with Gasteiger partial charge in [0.05, 0.1) is 12.0 Å². The highest BCUT2D eigenvalue weighted by molar-refractivity contribution is 5.97.